The Labute approximate surface area is 162 Å². The average molecular weight is 373 g/mol. The number of amides is 2. The van der Waals surface area contributed by atoms with E-state index >= 15 is 0 Å². The second-order valence-electron chi connectivity index (χ2n) is 7.48. The Morgan fingerprint density at radius 1 is 1.00 bits per heavy atom. The summed E-state index contributed by atoms with van der Waals surface area (Å²) in [4.78, 5) is 32.3. The molecule has 0 radical (unpaired) electrons. The minimum Gasteiger partial charge on any atom is -0.372 e. The number of carbonyl (C=O) groups is 2. The predicted molar refractivity (Wildman–Crippen MR) is 109 cm³/mol. The lowest BCUT2D eigenvalue weighted by Gasteiger charge is -2.35. The average Bonchev–Trinajstić information content (AvgIpc) is 3.52. The number of piperazine rings is 1. The molecule has 0 atom stereocenters. The smallest absolute Gasteiger partial charge is 0.240 e. The molecular weight excluding hydrogens is 340 g/mol. The van der Waals surface area contributed by atoms with E-state index in [-0.39, 0.29) is 11.8 Å². The zero-order valence-electron chi connectivity index (χ0n) is 16.8. The topological polar surface area (TPSA) is 55.9 Å². The number of hydrogen-bond donors (Lipinski definition) is 1. The van der Waals surface area contributed by atoms with Gasteiger partial charge in [0.15, 0.2) is 0 Å². The van der Waals surface area contributed by atoms with E-state index in [0.29, 0.717) is 12.8 Å². The highest BCUT2D eigenvalue weighted by molar-refractivity contribution is 6.13. The first kappa shape index (κ1) is 19.7. The molecule has 148 valence electrons. The van der Waals surface area contributed by atoms with E-state index < -0.39 is 5.41 Å². The molecule has 6 heteroatoms. The first-order valence-electron chi connectivity index (χ1n) is 10.2. The van der Waals surface area contributed by atoms with Gasteiger partial charge in [0.2, 0.25) is 11.8 Å². The first-order chi connectivity index (χ1) is 13.0. The SMILES string of the molecule is CCN1CCN(C(=O)C2(C(=O)Nc3ccc(N(CC)CC)cc3)CC2)CC1. The number of carbonyl (C=O) groups excluding carboxylic acids is 2. The van der Waals surface area contributed by atoms with Crippen LogP contribution in [0.4, 0.5) is 11.4 Å². The molecule has 0 bridgehead atoms. The summed E-state index contributed by atoms with van der Waals surface area (Å²) >= 11 is 0. The van der Waals surface area contributed by atoms with Gasteiger partial charge in [-0.15, -0.1) is 0 Å². The summed E-state index contributed by atoms with van der Waals surface area (Å²) in [6, 6.07) is 7.89. The molecule has 1 aliphatic carbocycles. The number of anilines is 2. The van der Waals surface area contributed by atoms with Crippen LogP contribution in [0.1, 0.15) is 33.6 Å². The van der Waals surface area contributed by atoms with Crippen molar-refractivity contribution in [3.05, 3.63) is 24.3 Å². The van der Waals surface area contributed by atoms with Crippen LogP contribution >= 0.6 is 0 Å². The molecule has 1 aromatic carbocycles. The maximum atomic E-state index is 13.0. The van der Waals surface area contributed by atoms with Gasteiger partial charge in [0.25, 0.3) is 0 Å². The number of benzene rings is 1. The Balaban J connectivity index is 1.61. The molecule has 1 heterocycles. The van der Waals surface area contributed by atoms with Crippen LogP contribution in [0.25, 0.3) is 0 Å². The van der Waals surface area contributed by atoms with Gasteiger partial charge < -0.3 is 20.0 Å². The van der Waals surface area contributed by atoms with Crippen molar-refractivity contribution in [2.24, 2.45) is 5.41 Å². The number of rotatable bonds is 7. The maximum absolute atomic E-state index is 13.0. The Morgan fingerprint density at radius 2 is 1.59 bits per heavy atom. The molecule has 0 unspecified atom stereocenters. The Morgan fingerprint density at radius 3 is 2.07 bits per heavy atom. The number of nitrogens with zero attached hydrogens (tertiary/aromatic N) is 3. The Bertz CT molecular complexity index is 657. The molecular formula is C21H32N4O2. The van der Waals surface area contributed by atoms with Crippen LogP contribution in [0.3, 0.4) is 0 Å². The molecule has 1 saturated heterocycles. The highest BCUT2D eigenvalue weighted by Gasteiger charge is 2.58. The third kappa shape index (κ3) is 4.10. The van der Waals surface area contributed by atoms with Gasteiger partial charge in [-0.2, -0.15) is 0 Å². The Hall–Kier alpha value is -2.08. The predicted octanol–water partition coefficient (Wildman–Crippen LogP) is 2.42. The van der Waals surface area contributed by atoms with Gasteiger partial charge in [-0.25, -0.2) is 0 Å². The van der Waals surface area contributed by atoms with Crippen LogP contribution in [0.2, 0.25) is 0 Å². The monoisotopic (exact) mass is 372 g/mol. The van der Waals surface area contributed by atoms with E-state index in [1.165, 1.54) is 0 Å². The zero-order valence-corrected chi connectivity index (χ0v) is 16.8. The molecule has 0 aromatic heterocycles. The summed E-state index contributed by atoms with van der Waals surface area (Å²) in [5, 5.41) is 2.97. The lowest BCUT2D eigenvalue weighted by molar-refractivity contribution is -0.143. The van der Waals surface area contributed by atoms with Gasteiger partial charge in [-0.3, -0.25) is 9.59 Å². The van der Waals surface area contributed by atoms with Crippen LogP contribution < -0.4 is 10.2 Å². The third-order valence-electron chi connectivity index (χ3n) is 5.95. The molecule has 27 heavy (non-hydrogen) atoms. The van der Waals surface area contributed by atoms with Crippen molar-refractivity contribution >= 4 is 23.2 Å². The van der Waals surface area contributed by atoms with Gasteiger partial charge in [0.05, 0.1) is 0 Å². The second-order valence-corrected chi connectivity index (χ2v) is 7.48. The second kappa shape index (κ2) is 8.30. The minimum atomic E-state index is -0.841. The third-order valence-corrected chi connectivity index (χ3v) is 5.95. The lowest BCUT2D eigenvalue weighted by Crippen LogP contribution is -2.52. The zero-order chi connectivity index (χ0) is 19.4. The number of nitrogens with one attached hydrogen (secondary N) is 1. The van der Waals surface area contributed by atoms with Crippen LogP contribution in [0.5, 0.6) is 0 Å². The van der Waals surface area contributed by atoms with E-state index in [1.807, 2.05) is 29.2 Å². The van der Waals surface area contributed by atoms with Crippen molar-refractivity contribution in [1.82, 2.24) is 9.80 Å². The van der Waals surface area contributed by atoms with Crippen molar-refractivity contribution in [3.63, 3.8) is 0 Å². The van der Waals surface area contributed by atoms with Gasteiger partial charge in [0, 0.05) is 50.6 Å². The van der Waals surface area contributed by atoms with Gasteiger partial charge >= 0.3 is 0 Å². The molecule has 1 N–H and O–H groups in total. The van der Waals surface area contributed by atoms with Crippen molar-refractivity contribution in [1.29, 1.82) is 0 Å². The van der Waals surface area contributed by atoms with E-state index in [0.717, 1.165) is 57.2 Å². The first-order valence-corrected chi connectivity index (χ1v) is 10.2. The molecule has 0 spiro atoms. The van der Waals surface area contributed by atoms with Crippen molar-refractivity contribution in [2.45, 2.75) is 33.6 Å². The summed E-state index contributed by atoms with van der Waals surface area (Å²) in [5.74, 6) is -0.142. The Kier molecular flexibility index (Phi) is 6.05. The molecule has 6 nitrogen and oxygen atoms in total. The standard InChI is InChI=1S/C21H32N4O2/c1-4-23-13-15-25(16-14-23)20(27)21(11-12-21)19(26)22-17-7-9-18(10-8-17)24(5-2)6-3/h7-10H,4-6,11-16H2,1-3H3,(H,22,26). The molecule has 1 aliphatic heterocycles. The van der Waals surface area contributed by atoms with Crippen molar-refractivity contribution < 1.29 is 9.59 Å². The van der Waals surface area contributed by atoms with Crippen molar-refractivity contribution in [2.75, 3.05) is 56.0 Å². The molecule has 2 amide bonds. The van der Waals surface area contributed by atoms with Crippen LogP contribution in [0.15, 0.2) is 24.3 Å². The minimum absolute atomic E-state index is 0.00974. The summed E-state index contributed by atoms with van der Waals surface area (Å²) in [6.07, 6.45) is 1.31. The summed E-state index contributed by atoms with van der Waals surface area (Å²) in [5.41, 5.74) is 1.06. The number of likely N-dealkylation sites (N-methyl/N-ethyl adjacent to an activating group) is 1. The normalized spacial score (nSPS) is 18.9. The van der Waals surface area contributed by atoms with Gasteiger partial charge in [0.1, 0.15) is 5.41 Å². The summed E-state index contributed by atoms with van der Waals surface area (Å²) in [6.45, 7) is 12.5. The van der Waals surface area contributed by atoms with E-state index in [9.17, 15) is 9.59 Å². The highest BCUT2D eigenvalue weighted by Crippen LogP contribution is 2.48. The fourth-order valence-corrected chi connectivity index (χ4v) is 3.83. The fraction of sp³-hybridized carbons (Fsp3) is 0.619. The fourth-order valence-electron chi connectivity index (χ4n) is 3.83. The molecule has 2 aliphatic rings. The molecule has 1 aromatic rings. The van der Waals surface area contributed by atoms with E-state index in [1.54, 1.807) is 0 Å². The molecule has 1 saturated carbocycles. The van der Waals surface area contributed by atoms with E-state index in [2.05, 4.69) is 35.9 Å². The number of hydrogen-bond acceptors (Lipinski definition) is 4. The van der Waals surface area contributed by atoms with Crippen LogP contribution in [-0.2, 0) is 9.59 Å². The summed E-state index contributed by atoms with van der Waals surface area (Å²) < 4.78 is 0. The maximum Gasteiger partial charge on any atom is 0.240 e. The quantitative estimate of drug-likeness (QED) is 0.747. The van der Waals surface area contributed by atoms with Crippen LogP contribution in [0, 0.1) is 5.41 Å². The van der Waals surface area contributed by atoms with Crippen LogP contribution in [-0.4, -0.2) is 67.4 Å². The van der Waals surface area contributed by atoms with Crippen molar-refractivity contribution in [3.8, 4) is 0 Å². The van der Waals surface area contributed by atoms with Gasteiger partial charge in [-0.05, 0) is 57.5 Å². The van der Waals surface area contributed by atoms with Gasteiger partial charge in [-0.1, -0.05) is 6.92 Å². The summed E-state index contributed by atoms with van der Waals surface area (Å²) in [7, 11) is 0. The van der Waals surface area contributed by atoms with E-state index in [4.69, 9.17) is 0 Å². The lowest BCUT2D eigenvalue weighted by atomic mass is 10.0. The largest absolute Gasteiger partial charge is 0.372 e. The molecule has 3 rings (SSSR count). The molecule has 2 fully saturated rings. The highest BCUT2D eigenvalue weighted by atomic mass is 16.2.